The van der Waals surface area contributed by atoms with Gasteiger partial charge in [-0.3, -0.25) is 0 Å². The molecule has 0 saturated carbocycles. The van der Waals surface area contributed by atoms with Crippen LogP contribution in [0.4, 0.5) is 0 Å². The highest BCUT2D eigenvalue weighted by molar-refractivity contribution is 9.10. The maximum atomic E-state index is 6.20. The van der Waals surface area contributed by atoms with E-state index in [0.29, 0.717) is 0 Å². The summed E-state index contributed by atoms with van der Waals surface area (Å²) in [6.45, 7) is 0. The van der Waals surface area contributed by atoms with E-state index in [1.165, 1.54) is 11.1 Å². The zero-order valence-electron chi connectivity index (χ0n) is 10.4. The van der Waals surface area contributed by atoms with E-state index in [-0.39, 0.29) is 6.04 Å². The average Bonchev–Trinajstić information content (AvgIpc) is 2.40. The minimum Gasteiger partial charge on any atom is -0.327 e. The van der Waals surface area contributed by atoms with Gasteiger partial charge in [0.15, 0.2) is 0 Å². The molecule has 1 unspecified atom stereocenters. The van der Waals surface area contributed by atoms with Crippen molar-refractivity contribution in [2.75, 3.05) is 0 Å². The van der Waals surface area contributed by atoms with Crippen molar-refractivity contribution in [2.45, 2.75) is 25.3 Å². The lowest BCUT2D eigenvalue weighted by atomic mass is 10.00. The van der Waals surface area contributed by atoms with Crippen molar-refractivity contribution in [3.63, 3.8) is 0 Å². The van der Waals surface area contributed by atoms with Crippen LogP contribution in [0.15, 0.2) is 59.1 Å². The van der Waals surface area contributed by atoms with Gasteiger partial charge < -0.3 is 5.73 Å². The minimum atomic E-state index is 0.212. The summed E-state index contributed by atoms with van der Waals surface area (Å²) in [4.78, 5) is 0. The Morgan fingerprint density at radius 3 is 2.33 bits per heavy atom. The van der Waals surface area contributed by atoms with Gasteiger partial charge in [0.1, 0.15) is 0 Å². The highest BCUT2D eigenvalue weighted by Gasteiger charge is 2.06. The Morgan fingerprint density at radius 2 is 1.61 bits per heavy atom. The number of hydrogen-bond donors (Lipinski definition) is 1. The van der Waals surface area contributed by atoms with Gasteiger partial charge in [0.05, 0.1) is 0 Å². The Morgan fingerprint density at radius 1 is 0.944 bits per heavy atom. The van der Waals surface area contributed by atoms with Gasteiger partial charge in [-0.1, -0.05) is 64.5 Å². The molecule has 0 bridgehead atoms. The van der Waals surface area contributed by atoms with E-state index in [4.69, 9.17) is 5.73 Å². The van der Waals surface area contributed by atoms with Gasteiger partial charge in [-0.15, -0.1) is 0 Å². The molecule has 2 heteroatoms. The molecule has 0 aromatic heterocycles. The molecule has 0 amide bonds. The van der Waals surface area contributed by atoms with Gasteiger partial charge >= 0.3 is 0 Å². The van der Waals surface area contributed by atoms with Crippen LogP contribution in [-0.4, -0.2) is 6.04 Å². The molecule has 1 nitrogen and oxygen atoms in total. The maximum absolute atomic E-state index is 6.20. The first-order valence-electron chi connectivity index (χ1n) is 6.28. The fraction of sp³-hybridized carbons (Fsp3) is 0.250. The van der Waals surface area contributed by atoms with Crippen LogP contribution in [0.1, 0.15) is 17.5 Å². The van der Waals surface area contributed by atoms with Gasteiger partial charge in [0.2, 0.25) is 0 Å². The van der Waals surface area contributed by atoms with E-state index >= 15 is 0 Å². The standard InChI is InChI=1S/C16H18BrN/c17-16-9-5-4-8-14(16)12-15(18)11-10-13-6-2-1-3-7-13/h1-9,15H,10-12,18H2. The normalized spacial score (nSPS) is 12.3. The summed E-state index contributed by atoms with van der Waals surface area (Å²) in [7, 11) is 0. The fourth-order valence-electron chi connectivity index (χ4n) is 2.05. The van der Waals surface area contributed by atoms with Crippen molar-refractivity contribution in [1.29, 1.82) is 0 Å². The number of hydrogen-bond acceptors (Lipinski definition) is 1. The summed E-state index contributed by atoms with van der Waals surface area (Å²) in [6, 6.07) is 19.0. The van der Waals surface area contributed by atoms with E-state index in [2.05, 4.69) is 58.4 Å². The topological polar surface area (TPSA) is 26.0 Å². The summed E-state index contributed by atoms with van der Waals surface area (Å²) >= 11 is 3.57. The molecule has 0 fully saturated rings. The fourth-order valence-corrected chi connectivity index (χ4v) is 2.49. The third kappa shape index (κ3) is 3.97. The Balaban J connectivity index is 1.86. The van der Waals surface area contributed by atoms with Crippen LogP contribution in [-0.2, 0) is 12.8 Å². The number of aryl methyl sites for hydroxylation is 1. The molecule has 2 N–H and O–H groups in total. The van der Waals surface area contributed by atoms with Crippen molar-refractivity contribution in [3.8, 4) is 0 Å². The summed E-state index contributed by atoms with van der Waals surface area (Å²) in [6.07, 6.45) is 2.99. The Hall–Kier alpha value is -1.12. The highest BCUT2D eigenvalue weighted by Crippen LogP contribution is 2.18. The molecule has 0 radical (unpaired) electrons. The molecule has 0 aliphatic carbocycles. The average molecular weight is 304 g/mol. The number of nitrogens with two attached hydrogens (primary N) is 1. The van der Waals surface area contributed by atoms with Gasteiger partial charge in [-0.25, -0.2) is 0 Å². The van der Waals surface area contributed by atoms with E-state index in [1.54, 1.807) is 0 Å². The van der Waals surface area contributed by atoms with E-state index in [1.807, 2.05) is 12.1 Å². The lowest BCUT2D eigenvalue weighted by Gasteiger charge is -2.12. The lowest BCUT2D eigenvalue weighted by Crippen LogP contribution is -2.23. The smallest absolute Gasteiger partial charge is 0.0207 e. The summed E-state index contributed by atoms with van der Waals surface area (Å²) in [5.41, 5.74) is 8.85. The molecule has 1 atom stereocenters. The largest absolute Gasteiger partial charge is 0.327 e. The number of rotatable bonds is 5. The predicted molar refractivity (Wildman–Crippen MR) is 80.6 cm³/mol. The van der Waals surface area contributed by atoms with Gasteiger partial charge in [-0.2, -0.15) is 0 Å². The molecular formula is C16H18BrN. The first-order chi connectivity index (χ1) is 8.75. The van der Waals surface area contributed by atoms with Gasteiger partial charge in [0, 0.05) is 10.5 Å². The second-order valence-corrected chi connectivity index (χ2v) is 5.43. The number of halogens is 1. The molecule has 0 spiro atoms. The molecule has 18 heavy (non-hydrogen) atoms. The van der Waals surface area contributed by atoms with Crippen LogP contribution in [0.3, 0.4) is 0 Å². The summed E-state index contributed by atoms with van der Waals surface area (Å²) in [5, 5.41) is 0. The molecule has 94 valence electrons. The van der Waals surface area contributed by atoms with Crippen molar-refractivity contribution in [2.24, 2.45) is 5.73 Å². The Labute approximate surface area is 117 Å². The van der Waals surface area contributed by atoms with E-state index < -0.39 is 0 Å². The lowest BCUT2D eigenvalue weighted by molar-refractivity contribution is 0.609. The van der Waals surface area contributed by atoms with Gasteiger partial charge in [0.25, 0.3) is 0 Å². The molecule has 2 aromatic rings. The van der Waals surface area contributed by atoms with Crippen molar-refractivity contribution in [1.82, 2.24) is 0 Å². The third-order valence-electron chi connectivity index (χ3n) is 3.09. The maximum Gasteiger partial charge on any atom is 0.0207 e. The Bertz CT molecular complexity index is 481. The van der Waals surface area contributed by atoms with Crippen LogP contribution < -0.4 is 5.73 Å². The second kappa shape index (κ2) is 6.72. The van der Waals surface area contributed by atoms with Crippen molar-refractivity contribution >= 4 is 15.9 Å². The zero-order valence-corrected chi connectivity index (χ0v) is 11.9. The van der Waals surface area contributed by atoms with Crippen LogP contribution in [0.2, 0.25) is 0 Å². The molecule has 0 heterocycles. The van der Waals surface area contributed by atoms with Crippen molar-refractivity contribution < 1.29 is 0 Å². The van der Waals surface area contributed by atoms with Crippen LogP contribution >= 0.6 is 15.9 Å². The molecule has 2 rings (SSSR count). The molecule has 0 saturated heterocycles. The predicted octanol–water partition coefficient (Wildman–Crippen LogP) is 3.95. The third-order valence-corrected chi connectivity index (χ3v) is 3.86. The van der Waals surface area contributed by atoms with Crippen molar-refractivity contribution in [3.05, 3.63) is 70.2 Å². The summed E-state index contributed by atoms with van der Waals surface area (Å²) < 4.78 is 1.15. The minimum absolute atomic E-state index is 0.212. The molecular weight excluding hydrogens is 286 g/mol. The second-order valence-electron chi connectivity index (χ2n) is 4.58. The Kier molecular flexibility index (Phi) is 4.97. The first kappa shape index (κ1) is 13.3. The molecule has 2 aromatic carbocycles. The summed E-state index contributed by atoms with van der Waals surface area (Å²) in [5.74, 6) is 0. The van der Waals surface area contributed by atoms with Gasteiger partial charge in [-0.05, 0) is 36.5 Å². The highest BCUT2D eigenvalue weighted by atomic mass is 79.9. The zero-order chi connectivity index (χ0) is 12.8. The molecule has 0 aliphatic rings. The first-order valence-corrected chi connectivity index (χ1v) is 7.08. The number of benzene rings is 2. The quantitative estimate of drug-likeness (QED) is 0.889. The molecule has 0 aliphatic heterocycles. The monoisotopic (exact) mass is 303 g/mol. The van der Waals surface area contributed by atoms with E-state index in [0.717, 1.165) is 23.7 Å². The van der Waals surface area contributed by atoms with Crippen LogP contribution in [0.5, 0.6) is 0 Å². The van der Waals surface area contributed by atoms with Crippen LogP contribution in [0.25, 0.3) is 0 Å². The SMILES string of the molecule is NC(CCc1ccccc1)Cc1ccccc1Br. The van der Waals surface area contributed by atoms with E-state index in [9.17, 15) is 0 Å². The van der Waals surface area contributed by atoms with Crippen LogP contribution in [0, 0.1) is 0 Å².